The Morgan fingerprint density at radius 3 is 2.17 bits per heavy atom. The molecule has 2 N–H and O–H groups in total. The lowest BCUT2D eigenvalue weighted by molar-refractivity contribution is 0.0159. The number of primary amides is 1. The fraction of sp³-hybridized carbons (Fsp3) is 0.875. The molecule has 1 aliphatic rings. The molecule has 0 spiro atoms. The Bertz CT molecular complexity index is 152. The van der Waals surface area contributed by atoms with Gasteiger partial charge >= 0.3 is 6.09 Å². The Labute approximate surface area is 72.0 Å². The SMILES string of the molecule is CO[C@H]1CC[C@@H](OC(N)=O)CC1. The van der Waals surface area contributed by atoms with E-state index in [1.807, 2.05) is 0 Å². The van der Waals surface area contributed by atoms with E-state index in [9.17, 15) is 4.79 Å². The summed E-state index contributed by atoms with van der Waals surface area (Å²) in [5.41, 5.74) is 4.90. The molecule has 0 aromatic rings. The molecular weight excluding hydrogens is 158 g/mol. The molecular formula is C8H15NO3. The van der Waals surface area contributed by atoms with Crippen molar-refractivity contribution < 1.29 is 14.3 Å². The number of ether oxygens (including phenoxy) is 2. The van der Waals surface area contributed by atoms with Crippen LogP contribution in [0.2, 0.25) is 0 Å². The van der Waals surface area contributed by atoms with Crippen molar-refractivity contribution in [2.45, 2.75) is 37.9 Å². The van der Waals surface area contributed by atoms with Gasteiger partial charge in [0, 0.05) is 7.11 Å². The van der Waals surface area contributed by atoms with Gasteiger partial charge in [-0.2, -0.15) is 0 Å². The lowest BCUT2D eigenvalue weighted by Crippen LogP contribution is -2.29. The summed E-state index contributed by atoms with van der Waals surface area (Å²) in [6.07, 6.45) is 3.30. The van der Waals surface area contributed by atoms with Gasteiger partial charge in [0.05, 0.1) is 6.10 Å². The number of hydrogen-bond acceptors (Lipinski definition) is 3. The molecule has 1 aliphatic carbocycles. The predicted octanol–water partition coefficient (Wildman–Crippen LogP) is 1.04. The molecule has 0 aromatic carbocycles. The monoisotopic (exact) mass is 173 g/mol. The van der Waals surface area contributed by atoms with Crippen LogP contribution in [0.1, 0.15) is 25.7 Å². The van der Waals surface area contributed by atoms with Crippen molar-refractivity contribution in [1.82, 2.24) is 0 Å². The van der Waals surface area contributed by atoms with Gasteiger partial charge in [-0.3, -0.25) is 0 Å². The number of rotatable bonds is 2. The Morgan fingerprint density at radius 1 is 1.25 bits per heavy atom. The average Bonchev–Trinajstić information content (AvgIpc) is 2.05. The highest BCUT2D eigenvalue weighted by atomic mass is 16.6. The molecule has 0 heterocycles. The van der Waals surface area contributed by atoms with E-state index in [1.165, 1.54) is 0 Å². The molecule has 1 rings (SSSR count). The van der Waals surface area contributed by atoms with Gasteiger partial charge in [-0.15, -0.1) is 0 Å². The number of carbonyl (C=O) groups is 1. The summed E-state index contributed by atoms with van der Waals surface area (Å²) >= 11 is 0. The second-order valence-electron chi connectivity index (χ2n) is 3.07. The highest BCUT2D eigenvalue weighted by molar-refractivity contribution is 5.64. The van der Waals surface area contributed by atoms with E-state index < -0.39 is 6.09 Å². The minimum Gasteiger partial charge on any atom is -0.446 e. The molecule has 70 valence electrons. The maximum atomic E-state index is 10.4. The Kier molecular flexibility index (Phi) is 3.34. The van der Waals surface area contributed by atoms with E-state index >= 15 is 0 Å². The third kappa shape index (κ3) is 2.70. The van der Waals surface area contributed by atoms with Gasteiger partial charge < -0.3 is 15.2 Å². The molecule has 0 bridgehead atoms. The number of methoxy groups -OCH3 is 1. The van der Waals surface area contributed by atoms with Crippen molar-refractivity contribution >= 4 is 6.09 Å². The third-order valence-corrected chi connectivity index (χ3v) is 2.24. The van der Waals surface area contributed by atoms with Gasteiger partial charge in [-0.1, -0.05) is 0 Å². The van der Waals surface area contributed by atoms with Crippen LogP contribution in [0, 0.1) is 0 Å². The van der Waals surface area contributed by atoms with Crippen LogP contribution in [0.3, 0.4) is 0 Å². The molecule has 1 saturated carbocycles. The van der Waals surface area contributed by atoms with Crippen LogP contribution in [-0.2, 0) is 9.47 Å². The summed E-state index contributed by atoms with van der Waals surface area (Å²) in [5.74, 6) is 0. The Hall–Kier alpha value is -0.770. The van der Waals surface area contributed by atoms with Gasteiger partial charge in [0.15, 0.2) is 0 Å². The van der Waals surface area contributed by atoms with Crippen LogP contribution in [0.25, 0.3) is 0 Å². The summed E-state index contributed by atoms with van der Waals surface area (Å²) in [5, 5.41) is 0. The first-order chi connectivity index (χ1) is 5.72. The molecule has 1 amide bonds. The highest BCUT2D eigenvalue weighted by Gasteiger charge is 2.22. The largest absolute Gasteiger partial charge is 0.446 e. The quantitative estimate of drug-likeness (QED) is 0.678. The lowest BCUT2D eigenvalue weighted by Gasteiger charge is -2.26. The van der Waals surface area contributed by atoms with Crippen molar-refractivity contribution in [3.8, 4) is 0 Å². The molecule has 4 heteroatoms. The first-order valence-electron chi connectivity index (χ1n) is 4.21. The van der Waals surface area contributed by atoms with Crippen LogP contribution >= 0.6 is 0 Å². The first-order valence-corrected chi connectivity index (χ1v) is 4.21. The fourth-order valence-electron chi connectivity index (χ4n) is 1.55. The summed E-state index contributed by atoms with van der Waals surface area (Å²) < 4.78 is 10.0. The first kappa shape index (κ1) is 9.32. The van der Waals surface area contributed by atoms with Crippen molar-refractivity contribution in [3.05, 3.63) is 0 Å². The van der Waals surface area contributed by atoms with Gasteiger partial charge in [0.25, 0.3) is 0 Å². The van der Waals surface area contributed by atoms with Crippen molar-refractivity contribution in [2.75, 3.05) is 7.11 Å². The van der Waals surface area contributed by atoms with E-state index in [4.69, 9.17) is 15.2 Å². The average molecular weight is 173 g/mol. The maximum absolute atomic E-state index is 10.4. The third-order valence-electron chi connectivity index (χ3n) is 2.24. The van der Waals surface area contributed by atoms with E-state index in [2.05, 4.69) is 0 Å². The fourth-order valence-corrected chi connectivity index (χ4v) is 1.55. The van der Waals surface area contributed by atoms with Crippen LogP contribution < -0.4 is 5.73 Å². The van der Waals surface area contributed by atoms with Crippen LogP contribution in [0.5, 0.6) is 0 Å². The number of hydrogen-bond donors (Lipinski definition) is 1. The van der Waals surface area contributed by atoms with Crippen LogP contribution in [-0.4, -0.2) is 25.4 Å². The number of nitrogens with two attached hydrogens (primary N) is 1. The van der Waals surface area contributed by atoms with Gasteiger partial charge in [0.1, 0.15) is 6.10 Å². The summed E-state index contributed by atoms with van der Waals surface area (Å²) in [4.78, 5) is 10.4. The van der Waals surface area contributed by atoms with Crippen LogP contribution in [0.15, 0.2) is 0 Å². The molecule has 12 heavy (non-hydrogen) atoms. The zero-order valence-electron chi connectivity index (χ0n) is 7.29. The molecule has 1 fully saturated rings. The summed E-state index contributed by atoms with van der Waals surface area (Å²) in [6.45, 7) is 0. The van der Waals surface area contributed by atoms with Crippen molar-refractivity contribution in [2.24, 2.45) is 5.73 Å². The molecule has 0 atom stereocenters. The number of carbonyl (C=O) groups excluding carboxylic acids is 1. The van der Waals surface area contributed by atoms with Gasteiger partial charge in [-0.05, 0) is 25.7 Å². The normalized spacial score (nSPS) is 29.8. The standard InChI is InChI=1S/C8H15NO3/c1-11-6-2-4-7(5-3-6)12-8(9)10/h6-7H,2-5H2,1H3,(H2,9,10)/t6-,7+. The van der Waals surface area contributed by atoms with E-state index in [-0.39, 0.29) is 6.10 Å². The van der Waals surface area contributed by atoms with Gasteiger partial charge in [0.2, 0.25) is 0 Å². The Balaban J connectivity index is 2.21. The van der Waals surface area contributed by atoms with Crippen molar-refractivity contribution in [1.29, 1.82) is 0 Å². The molecule has 0 saturated heterocycles. The molecule has 0 aliphatic heterocycles. The van der Waals surface area contributed by atoms with E-state index in [1.54, 1.807) is 7.11 Å². The molecule has 0 aromatic heterocycles. The minimum absolute atomic E-state index is 0.00824. The molecule has 0 unspecified atom stereocenters. The highest BCUT2D eigenvalue weighted by Crippen LogP contribution is 2.22. The predicted molar refractivity (Wildman–Crippen MR) is 43.7 cm³/mol. The lowest BCUT2D eigenvalue weighted by atomic mass is 9.95. The zero-order valence-corrected chi connectivity index (χ0v) is 7.29. The minimum atomic E-state index is -0.670. The summed E-state index contributed by atoms with van der Waals surface area (Å²) in [6, 6.07) is 0. The molecule has 4 nitrogen and oxygen atoms in total. The van der Waals surface area contributed by atoms with E-state index in [0.29, 0.717) is 6.10 Å². The topological polar surface area (TPSA) is 61.6 Å². The van der Waals surface area contributed by atoms with E-state index in [0.717, 1.165) is 25.7 Å². The van der Waals surface area contributed by atoms with Crippen LogP contribution in [0.4, 0.5) is 4.79 Å². The zero-order chi connectivity index (χ0) is 8.97. The maximum Gasteiger partial charge on any atom is 0.404 e. The number of amides is 1. The van der Waals surface area contributed by atoms with Gasteiger partial charge in [-0.25, -0.2) is 4.79 Å². The second kappa shape index (κ2) is 4.30. The van der Waals surface area contributed by atoms with Crippen molar-refractivity contribution in [3.63, 3.8) is 0 Å². The molecule has 0 radical (unpaired) electrons. The summed E-state index contributed by atoms with van der Waals surface area (Å²) in [7, 11) is 1.71. The second-order valence-corrected chi connectivity index (χ2v) is 3.07. The smallest absolute Gasteiger partial charge is 0.404 e. The Morgan fingerprint density at radius 2 is 1.75 bits per heavy atom.